The van der Waals surface area contributed by atoms with Crippen LogP contribution in [-0.2, 0) is 17.1 Å². The van der Waals surface area contributed by atoms with Crippen LogP contribution in [0.3, 0.4) is 0 Å². The van der Waals surface area contributed by atoms with Crippen molar-refractivity contribution in [3.8, 4) is 11.1 Å². The summed E-state index contributed by atoms with van der Waals surface area (Å²) in [5.41, 5.74) is 5.96. The van der Waals surface area contributed by atoms with E-state index in [0.717, 1.165) is 47.6 Å². The molecule has 3 aromatic carbocycles. The number of likely N-dealkylation sites (tertiary alicyclic amines) is 1. The van der Waals surface area contributed by atoms with Crippen LogP contribution < -0.4 is 5.32 Å². The molecule has 1 heterocycles. The zero-order valence-electron chi connectivity index (χ0n) is 22.1. The summed E-state index contributed by atoms with van der Waals surface area (Å²) in [6.07, 6.45) is 3.49. The molecule has 1 fully saturated rings. The Hall–Kier alpha value is -2.74. The predicted molar refractivity (Wildman–Crippen MR) is 160 cm³/mol. The number of rotatable bonds is 12. The minimum absolute atomic E-state index is 0.346. The lowest BCUT2D eigenvalue weighted by atomic mass is 9.93. The maximum Gasteiger partial charge on any atom is 0.326 e. The van der Waals surface area contributed by atoms with Crippen molar-refractivity contribution < 1.29 is 14.7 Å². The molecular formula is C31H36N2O3S2. The number of benzene rings is 3. The van der Waals surface area contributed by atoms with Crippen LogP contribution >= 0.6 is 23.5 Å². The number of aryl methyl sites for hydroxylation is 1. The number of thioether (sulfide) groups is 2. The fourth-order valence-electron chi connectivity index (χ4n) is 4.84. The van der Waals surface area contributed by atoms with Gasteiger partial charge in [-0.05, 0) is 78.3 Å². The summed E-state index contributed by atoms with van der Waals surface area (Å²) in [6, 6.07) is 23.7. The second-order valence-electron chi connectivity index (χ2n) is 9.78. The number of hydrogen-bond donors (Lipinski definition) is 2. The third-order valence-corrected chi connectivity index (χ3v) is 8.94. The molecule has 0 bridgehead atoms. The summed E-state index contributed by atoms with van der Waals surface area (Å²) in [5, 5.41) is 13.0. The van der Waals surface area contributed by atoms with Crippen LogP contribution in [0.5, 0.6) is 0 Å². The molecular weight excluding hydrogens is 512 g/mol. The molecule has 4 rings (SSSR count). The van der Waals surface area contributed by atoms with Gasteiger partial charge in [0.25, 0.3) is 5.91 Å². The van der Waals surface area contributed by atoms with Crippen LogP contribution in [0.2, 0.25) is 0 Å². The van der Waals surface area contributed by atoms with Gasteiger partial charge in [-0.15, -0.1) is 0 Å². The van der Waals surface area contributed by atoms with E-state index in [2.05, 4.69) is 46.6 Å². The fourth-order valence-corrected chi connectivity index (χ4v) is 6.52. The number of hydrogen-bond acceptors (Lipinski definition) is 5. The third-order valence-electron chi connectivity index (χ3n) is 6.94. The van der Waals surface area contributed by atoms with Gasteiger partial charge >= 0.3 is 5.97 Å². The van der Waals surface area contributed by atoms with Crippen LogP contribution in [0, 0.1) is 6.92 Å². The highest BCUT2D eigenvalue weighted by molar-refractivity contribution is 7.99. The Bertz CT molecular complexity index is 1230. The van der Waals surface area contributed by atoms with E-state index in [4.69, 9.17) is 0 Å². The van der Waals surface area contributed by atoms with Crippen molar-refractivity contribution in [2.24, 2.45) is 0 Å². The minimum atomic E-state index is -1.00. The second kappa shape index (κ2) is 13.9. The Kier molecular flexibility index (Phi) is 10.3. The van der Waals surface area contributed by atoms with E-state index in [9.17, 15) is 14.7 Å². The van der Waals surface area contributed by atoms with Gasteiger partial charge in [-0.3, -0.25) is 9.69 Å². The van der Waals surface area contributed by atoms with Crippen LogP contribution in [0.1, 0.15) is 39.9 Å². The quantitative estimate of drug-likeness (QED) is 0.285. The molecule has 1 aliphatic rings. The minimum Gasteiger partial charge on any atom is -0.480 e. The van der Waals surface area contributed by atoms with Crippen molar-refractivity contribution >= 4 is 35.4 Å². The highest BCUT2D eigenvalue weighted by atomic mass is 32.2. The molecule has 1 saturated heterocycles. The average Bonchev–Trinajstić information content (AvgIpc) is 3.37. The first-order valence-corrected chi connectivity index (χ1v) is 15.5. The lowest BCUT2D eigenvalue weighted by molar-refractivity contribution is -0.139. The Morgan fingerprint density at radius 2 is 1.79 bits per heavy atom. The molecule has 0 aromatic heterocycles. The Balaban J connectivity index is 1.49. The summed E-state index contributed by atoms with van der Waals surface area (Å²) in [7, 11) is 0. The molecule has 3 aromatic rings. The molecule has 0 spiro atoms. The molecule has 0 radical (unpaired) electrons. The van der Waals surface area contributed by atoms with Crippen LogP contribution in [-0.4, -0.2) is 58.3 Å². The van der Waals surface area contributed by atoms with E-state index in [0.29, 0.717) is 23.0 Å². The van der Waals surface area contributed by atoms with Crippen LogP contribution in [0.25, 0.3) is 11.1 Å². The molecule has 2 unspecified atom stereocenters. The van der Waals surface area contributed by atoms with Crippen molar-refractivity contribution in [2.75, 3.05) is 25.1 Å². The second-order valence-corrected chi connectivity index (χ2v) is 12.1. The normalized spacial score (nSPS) is 16.3. The van der Waals surface area contributed by atoms with Gasteiger partial charge in [-0.1, -0.05) is 60.7 Å². The molecule has 0 aliphatic carbocycles. The number of amides is 1. The van der Waals surface area contributed by atoms with Crippen molar-refractivity contribution in [3.63, 3.8) is 0 Å². The molecule has 2 N–H and O–H groups in total. The summed E-state index contributed by atoms with van der Waals surface area (Å²) in [6.45, 7) is 4.98. The number of carboxylic acid groups (broad SMARTS) is 1. The summed E-state index contributed by atoms with van der Waals surface area (Å²) < 4.78 is 0. The van der Waals surface area contributed by atoms with Crippen molar-refractivity contribution in [2.45, 2.75) is 43.4 Å². The predicted octanol–water partition coefficient (Wildman–Crippen LogP) is 6.11. The van der Waals surface area contributed by atoms with Crippen LogP contribution in [0.15, 0.2) is 72.8 Å². The van der Waals surface area contributed by atoms with Gasteiger partial charge in [-0.25, -0.2) is 4.79 Å². The van der Waals surface area contributed by atoms with E-state index in [1.165, 1.54) is 12.0 Å². The highest BCUT2D eigenvalue weighted by Gasteiger charge is 2.25. The van der Waals surface area contributed by atoms with Gasteiger partial charge in [0.05, 0.1) is 0 Å². The molecule has 5 nitrogen and oxygen atoms in total. The van der Waals surface area contributed by atoms with E-state index < -0.39 is 12.0 Å². The maximum absolute atomic E-state index is 13.3. The number of nitrogens with one attached hydrogen (secondary N) is 1. The summed E-state index contributed by atoms with van der Waals surface area (Å²) in [5.74, 6) is 0.355. The van der Waals surface area contributed by atoms with Gasteiger partial charge < -0.3 is 10.4 Å². The SMILES string of the molecule is CSCCC(NC(=O)c1ccc(CN2CCC(SCc3ccccc3)C2)cc1-c1ccccc1C)C(=O)O. The van der Waals surface area contributed by atoms with E-state index in [-0.39, 0.29) is 5.91 Å². The van der Waals surface area contributed by atoms with Crippen LogP contribution in [0.4, 0.5) is 0 Å². The summed E-state index contributed by atoms with van der Waals surface area (Å²) >= 11 is 3.60. The Morgan fingerprint density at radius 1 is 1.03 bits per heavy atom. The fraction of sp³-hybridized carbons (Fsp3) is 0.355. The van der Waals surface area contributed by atoms with Gasteiger partial charge in [0.1, 0.15) is 6.04 Å². The van der Waals surface area contributed by atoms with Crippen molar-refractivity contribution in [1.29, 1.82) is 0 Å². The number of carbonyl (C=O) groups is 2. The van der Waals surface area contributed by atoms with Gasteiger partial charge in [-0.2, -0.15) is 23.5 Å². The highest BCUT2D eigenvalue weighted by Crippen LogP contribution is 2.31. The average molecular weight is 549 g/mol. The first-order chi connectivity index (χ1) is 18.4. The number of aliphatic carboxylic acids is 1. The molecule has 200 valence electrons. The molecule has 2 atom stereocenters. The lowest BCUT2D eigenvalue weighted by Crippen LogP contribution is -2.41. The Labute approximate surface area is 234 Å². The van der Waals surface area contributed by atoms with Gasteiger partial charge in [0.15, 0.2) is 0 Å². The first-order valence-electron chi connectivity index (χ1n) is 13.0. The van der Waals surface area contributed by atoms with E-state index in [1.807, 2.05) is 61.3 Å². The standard InChI is InChI=1S/C31H36N2O3S2/c1-22-8-6-7-11-26(22)28-18-24(12-13-27(28)30(34)32-29(31(35)36)15-17-37-2)19-33-16-14-25(20-33)38-21-23-9-4-3-5-10-23/h3-13,18,25,29H,14-17,19-21H2,1-2H3,(H,32,34)(H,35,36). The topological polar surface area (TPSA) is 69.6 Å². The number of carboxylic acids is 1. The largest absolute Gasteiger partial charge is 0.480 e. The van der Waals surface area contributed by atoms with Crippen molar-refractivity contribution in [3.05, 3.63) is 95.1 Å². The number of carbonyl (C=O) groups excluding carboxylic acids is 1. The zero-order chi connectivity index (χ0) is 26.9. The summed E-state index contributed by atoms with van der Waals surface area (Å²) in [4.78, 5) is 27.6. The third kappa shape index (κ3) is 7.65. The zero-order valence-corrected chi connectivity index (χ0v) is 23.7. The molecule has 1 amide bonds. The smallest absolute Gasteiger partial charge is 0.326 e. The van der Waals surface area contributed by atoms with Gasteiger partial charge in [0, 0.05) is 29.7 Å². The maximum atomic E-state index is 13.3. The van der Waals surface area contributed by atoms with Crippen molar-refractivity contribution in [1.82, 2.24) is 10.2 Å². The monoisotopic (exact) mass is 548 g/mol. The molecule has 7 heteroatoms. The Morgan fingerprint density at radius 3 is 2.53 bits per heavy atom. The number of nitrogens with zero attached hydrogens (tertiary/aromatic N) is 1. The molecule has 0 saturated carbocycles. The molecule has 38 heavy (non-hydrogen) atoms. The van der Waals surface area contributed by atoms with E-state index >= 15 is 0 Å². The lowest BCUT2D eigenvalue weighted by Gasteiger charge is -2.20. The van der Waals surface area contributed by atoms with E-state index in [1.54, 1.807) is 11.8 Å². The molecule has 1 aliphatic heterocycles. The van der Waals surface area contributed by atoms with Gasteiger partial charge in [0.2, 0.25) is 0 Å². The first kappa shape index (κ1) is 28.3.